The Morgan fingerprint density at radius 1 is 1.38 bits per heavy atom. The first-order valence-electron chi connectivity index (χ1n) is 3.87. The van der Waals surface area contributed by atoms with Gasteiger partial charge in [-0.3, -0.25) is 4.79 Å². The Labute approximate surface area is 82.2 Å². The molecule has 0 atom stereocenters. The van der Waals surface area contributed by atoms with Gasteiger partial charge in [-0.1, -0.05) is 41.9 Å². The maximum Gasteiger partial charge on any atom is 0.221 e. The van der Waals surface area contributed by atoms with Crippen molar-refractivity contribution in [2.45, 2.75) is 6.92 Å². The molecule has 0 aromatic heterocycles. The minimum Gasteiger partial charge on any atom is -0.325 e. The Balaban J connectivity index is 2.86. The lowest BCUT2D eigenvalue weighted by Crippen LogP contribution is -2.17. The van der Waals surface area contributed by atoms with E-state index in [2.05, 4.69) is 5.32 Å². The first kappa shape index (κ1) is 9.81. The lowest BCUT2D eigenvalue weighted by atomic mass is 10.2. The zero-order valence-corrected chi connectivity index (χ0v) is 8.01. The molecule has 1 aromatic rings. The Hall–Kier alpha value is -1.28. The van der Waals surface area contributed by atoms with Gasteiger partial charge < -0.3 is 5.32 Å². The fraction of sp³-hybridized carbons (Fsp3) is 0.100. The van der Waals surface area contributed by atoms with Gasteiger partial charge >= 0.3 is 0 Å². The quantitative estimate of drug-likeness (QED) is 0.771. The number of carbonyl (C=O) groups is 1. The molecule has 0 spiro atoms. The summed E-state index contributed by atoms with van der Waals surface area (Å²) >= 11 is 5.57. The zero-order valence-electron chi connectivity index (χ0n) is 7.25. The molecule has 2 nitrogen and oxygen atoms in total. The smallest absolute Gasteiger partial charge is 0.221 e. The van der Waals surface area contributed by atoms with Crippen molar-refractivity contribution in [2.24, 2.45) is 0 Å². The van der Waals surface area contributed by atoms with Gasteiger partial charge in [-0.05, 0) is 5.56 Å². The largest absolute Gasteiger partial charge is 0.325 e. The number of hydrogen-bond donors (Lipinski definition) is 1. The number of rotatable bonds is 2. The van der Waals surface area contributed by atoms with Crippen LogP contribution >= 0.6 is 11.6 Å². The number of carbonyl (C=O) groups excluding carboxylic acids is 1. The lowest BCUT2D eigenvalue weighted by Gasteiger charge is -2.05. The van der Waals surface area contributed by atoms with Crippen LogP contribution in [0.1, 0.15) is 12.5 Å². The zero-order chi connectivity index (χ0) is 9.68. The van der Waals surface area contributed by atoms with Crippen molar-refractivity contribution in [3.05, 3.63) is 41.4 Å². The molecular formula is C10H10ClNO. The first-order valence-corrected chi connectivity index (χ1v) is 4.31. The van der Waals surface area contributed by atoms with Gasteiger partial charge in [0.25, 0.3) is 0 Å². The van der Waals surface area contributed by atoms with Gasteiger partial charge in [0.2, 0.25) is 5.91 Å². The van der Waals surface area contributed by atoms with Gasteiger partial charge in [0.15, 0.2) is 0 Å². The molecule has 0 unspecified atom stereocenters. The van der Waals surface area contributed by atoms with E-state index in [1.807, 2.05) is 30.3 Å². The van der Waals surface area contributed by atoms with Crippen molar-refractivity contribution in [3.8, 4) is 0 Å². The molecule has 13 heavy (non-hydrogen) atoms. The van der Waals surface area contributed by atoms with Crippen LogP contribution in [-0.2, 0) is 4.79 Å². The minimum atomic E-state index is -0.129. The summed E-state index contributed by atoms with van der Waals surface area (Å²) in [6.45, 7) is 1.45. The highest BCUT2D eigenvalue weighted by atomic mass is 35.5. The third kappa shape index (κ3) is 2.92. The van der Waals surface area contributed by atoms with E-state index in [9.17, 15) is 4.79 Å². The molecule has 1 amide bonds. The van der Waals surface area contributed by atoms with E-state index in [0.717, 1.165) is 5.56 Å². The van der Waals surface area contributed by atoms with E-state index in [1.165, 1.54) is 12.5 Å². The topological polar surface area (TPSA) is 29.1 Å². The summed E-state index contributed by atoms with van der Waals surface area (Å²) in [5.74, 6) is -0.129. The highest BCUT2D eigenvalue weighted by molar-refractivity contribution is 6.28. The van der Waals surface area contributed by atoms with Gasteiger partial charge in [0.1, 0.15) is 0 Å². The third-order valence-electron chi connectivity index (χ3n) is 1.50. The molecule has 0 saturated heterocycles. The summed E-state index contributed by atoms with van der Waals surface area (Å²) in [6.07, 6.45) is 0. The molecule has 0 heterocycles. The lowest BCUT2D eigenvalue weighted by molar-refractivity contribution is -0.117. The van der Waals surface area contributed by atoms with E-state index in [-0.39, 0.29) is 5.91 Å². The van der Waals surface area contributed by atoms with Crippen LogP contribution < -0.4 is 5.32 Å². The number of benzene rings is 1. The number of nitrogens with one attached hydrogen (secondary N) is 1. The van der Waals surface area contributed by atoms with E-state index in [4.69, 9.17) is 11.6 Å². The highest BCUT2D eigenvalue weighted by Gasteiger charge is 2.00. The standard InChI is InChI=1S/C10H10ClNO/c1-8(13)12-10(7-11)9-5-3-2-4-6-9/h2-7H,1H3,(H,12,13)/b10-7+. The Kier molecular flexibility index (Phi) is 3.53. The molecule has 1 aromatic carbocycles. The van der Waals surface area contributed by atoms with Gasteiger partial charge in [-0.15, -0.1) is 0 Å². The van der Waals surface area contributed by atoms with Crippen molar-refractivity contribution in [2.75, 3.05) is 0 Å². The SMILES string of the molecule is CC(=O)N/C(=C/Cl)c1ccccc1. The van der Waals surface area contributed by atoms with Crippen molar-refractivity contribution >= 4 is 23.2 Å². The van der Waals surface area contributed by atoms with Crippen LogP contribution in [0.5, 0.6) is 0 Å². The van der Waals surface area contributed by atoms with Gasteiger partial charge in [-0.25, -0.2) is 0 Å². The molecule has 1 rings (SSSR count). The summed E-state index contributed by atoms with van der Waals surface area (Å²) in [7, 11) is 0. The number of amides is 1. The number of halogens is 1. The van der Waals surface area contributed by atoms with Crippen LogP contribution in [0, 0.1) is 0 Å². The van der Waals surface area contributed by atoms with Crippen LogP contribution in [-0.4, -0.2) is 5.91 Å². The van der Waals surface area contributed by atoms with Crippen LogP contribution in [0.4, 0.5) is 0 Å². The van der Waals surface area contributed by atoms with Crippen LogP contribution in [0.15, 0.2) is 35.9 Å². The fourth-order valence-corrected chi connectivity index (χ4v) is 1.15. The Morgan fingerprint density at radius 2 is 2.00 bits per heavy atom. The van der Waals surface area contributed by atoms with E-state index in [0.29, 0.717) is 5.70 Å². The van der Waals surface area contributed by atoms with Crippen molar-refractivity contribution in [1.82, 2.24) is 5.32 Å². The third-order valence-corrected chi connectivity index (χ3v) is 1.72. The fourth-order valence-electron chi connectivity index (χ4n) is 0.970. The van der Waals surface area contributed by atoms with E-state index in [1.54, 1.807) is 0 Å². The van der Waals surface area contributed by atoms with Crippen molar-refractivity contribution < 1.29 is 4.79 Å². The molecule has 3 heteroatoms. The molecule has 0 aliphatic rings. The molecule has 68 valence electrons. The molecule has 1 N–H and O–H groups in total. The maximum absolute atomic E-state index is 10.8. The van der Waals surface area contributed by atoms with Gasteiger partial charge in [-0.2, -0.15) is 0 Å². The predicted octanol–water partition coefficient (Wildman–Crippen LogP) is 2.36. The Bertz CT molecular complexity index is 319. The maximum atomic E-state index is 10.8. The summed E-state index contributed by atoms with van der Waals surface area (Å²) < 4.78 is 0. The summed E-state index contributed by atoms with van der Waals surface area (Å²) in [6, 6.07) is 9.44. The summed E-state index contributed by atoms with van der Waals surface area (Å²) in [5.41, 5.74) is 2.87. The van der Waals surface area contributed by atoms with E-state index >= 15 is 0 Å². The minimum absolute atomic E-state index is 0.129. The monoisotopic (exact) mass is 195 g/mol. The van der Waals surface area contributed by atoms with Crippen LogP contribution in [0.2, 0.25) is 0 Å². The molecule has 0 aliphatic heterocycles. The molecule has 0 bridgehead atoms. The second-order valence-corrected chi connectivity index (χ2v) is 2.79. The van der Waals surface area contributed by atoms with E-state index < -0.39 is 0 Å². The molecular weight excluding hydrogens is 186 g/mol. The summed E-state index contributed by atoms with van der Waals surface area (Å²) in [4.78, 5) is 10.8. The molecule has 0 aliphatic carbocycles. The average molecular weight is 196 g/mol. The number of hydrogen-bond acceptors (Lipinski definition) is 1. The van der Waals surface area contributed by atoms with Crippen LogP contribution in [0.3, 0.4) is 0 Å². The summed E-state index contributed by atoms with van der Waals surface area (Å²) in [5, 5.41) is 2.64. The highest BCUT2D eigenvalue weighted by Crippen LogP contribution is 2.11. The normalized spacial score (nSPS) is 11.1. The average Bonchev–Trinajstić information content (AvgIpc) is 2.15. The van der Waals surface area contributed by atoms with Crippen molar-refractivity contribution in [1.29, 1.82) is 0 Å². The molecule has 0 saturated carbocycles. The predicted molar refractivity (Wildman–Crippen MR) is 54.1 cm³/mol. The first-order chi connectivity index (χ1) is 6.24. The molecule has 0 fully saturated rings. The Morgan fingerprint density at radius 3 is 2.46 bits per heavy atom. The second-order valence-electron chi connectivity index (χ2n) is 2.57. The second kappa shape index (κ2) is 4.67. The molecule has 0 radical (unpaired) electrons. The van der Waals surface area contributed by atoms with Gasteiger partial charge in [0.05, 0.1) is 5.70 Å². The van der Waals surface area contributed by atoms with Crippen molar-refractivity contribution in [3.63, 3.8) is 0 Å². The van der Waals surface area contributed by atoms with Crippen LogP contribution in [0.25, 0.3) is 5.70 Å². The van der Waals surface area contributed by atoms with Gasteiger partial charge in [0, 0.05) is 12.5 Å².